The van der Waals surface area contributed by atoms with Crippen LogP contribution in [0.25, 0.3) is 0 Å². The Kier molecular flexibility index (Phi) is 3.02. The lowest BCUT2D eigenvalue weighted by Crippen LogP contribution is -2.43. The molecule has 3 fully saturated rings. The molecule has 2 unspecified atom stereocenters. The lowest BCUT2D eigenvalue weighted by molar-refractivity contribution is -0.135. The number of rotatable bonds is 2. The van der Waals surface area contributed by atoms with Gasteiger partial charge in [-0.2, -0.15) is 0 Å². The minimum absolute atomic E-state index is 0.233. The maximum absolute atomic E-state index is 13.3. The van der Waals surface area contributed by atoms with Crippen LogP contribution in [0.1, 0.15) is 58.4 Å². The molecule has 3 heteroatoms. The van der Waals surface area contributed by atoms with Gasteiger partial charge in [0.25, 0.3) is 0 Å². The largest absolute Gasteiger partial charge is 0.338 e. The molecule has 2 nitrogen and oxygen atoms in total. The van der Waals surface area contributed by atoms with E-state index in [2.05, 4.69) is 25.7 Å². The molecule has 2 atom stereocenters. The van der Waals surface area contributed by atoms with Crippen molar-refractivity contribution in [1.29, 1.82) is 0 Å². The van der Waals surface area contributed by atoms with Crippen molar-refractivity contribution in [3.8, 4) is 0 Å². The zero-order valence-electron chi connectivity index (χ0n) is 14.4. The van der Waals surface area contributed by atoms with Crippen molar-refractivity contribution >= 4 is 5.91 Å². The van der Waals surface area contributed by atoms with E-state index in [-0.39, 0.29) is 22.6 Å². The molecule has 1 aromatic carbocycles. The number of carbonyl (C=O) groups is 1. The molecule has 0 radical (unpaired) electrons. The standard InChI is InChI=1S/C20H26FNO/c1-18(2)10-16-11-19(3,12-18)13-22(16)17(23)20(8-9-20)14-4-6-15(21)7-5-14/h4-7,16H,8-13H2,1-3H3. The van der Waals surface area contributed by atoms with Crippen LogP contribution in [0.4, 0.5) is 4.39 Å². The maximum Gasteiger partial charge on any atom is 0.233 e. The highest BCUT2D eigenvalue weighted by Crippen LogP contribution is 2.56. The Bertz CT molecular complexity index is 646. The first-order valence-electron chi connectivity index (χ1n) is 8.80. The molecule has 2 aliphatic carbocycles. The Morgan fingerprint density at radius 1 is 1.13 bits per heavy atom. The van der Waals surface area contributed by atoms with E-state index in [1.807, 2.05) is 0 Å². The van der Waals surface area contributed by atoms with Crippen LogP contribution in [0, 0.1) is 16.6 Å². The minimum Gasteiger partial charge on any atom is -0.338 e. The van der Waals surface area contributed by atoms with Gasteiger partial charge in [-0.05, 0) is 60.6 Å². The van der Waals surface area contributed by atoms with Gasteiger partial charge in [0, 0.05) is 12.6 Å². The van der Waals surface area contributed by atoms with E-state index >= 15 is 0 Å². The second-order valence-electron chi connectivity index (χ2n) is 9.24. The second kappa shape index (κ2) is 4.58. The van der Waals surface area contributed by atoms with E-state index in [1.54, 1.807) is 12.1 Å². The third-order valence-corrected chi connectivity index (χ3v) is 6.23. The fourth-order valence-corrected chi connectivity index (χ4v) is 5.49. The summed E-state index contributed by atoms with van der Waals surface area (Å²) in [5.74, 6) is 0.0545. The minimum atomic E-state index is -0.369. The lowest BCUT2D eigenvalue weighted by Gasteiger charge is -2.39. The number of nitrogens with zero attached hydrogens (tertiary/aromatic N) is 1. The van der Waals surface area contributed by atoms with Crippen LogP contribution >= 0.6 is 0 Å². The fourth-order valence-electron chi connectivity index (χ4n) is 5.49. The van der Waals surface area contributed by atoms with Crippen molar-refractivity contribution in [2.24, 2.45) is 10.8 Å². The third-order valence-electron chi connectivity index (χ3n) is 6.23. The van der Waals surface area contributed by atoms with Gasteiger partial charge in [0.2, 0.25) is 5.91 Å². The monoisotopic (exact) mass is 315 g/mol. The van der Waals surface area contributed by atoms with Crippen molar-refractivity contribution < 1.29 is 9.18 Å². The highest BCUT2D eigenvalue weighted by atomic mass is 19.1. The quantitative estimate of drug-likeness (QED) is 0.797. The van der Waals surface area contributed by atoms with Crippen LogP contribution in [0.15, 0.2) is 24.3 Å². The molecular formula is C20H26FNO. The first kappa shape index (κ1) is 15.2. The summed E-state index contributed by atoms with van der Waals surface area (Å²) in [5.41, 5.74) is 1.21. The van der Waals surface area contributed by atoms with Gasteiger partial charge in [0.1, 0.15) is 5.82 Å². The van der Waals surface area contributed by atoms with E-state index in [4.69, 9.17) is 0 Å². The summed E-state index contributed by atoms with van der Waals surface area (Å²) in [6.45, 7) is 7.89. The van der Waals surface area contributed by atoms with Gasteiger partial charge in [-0.15, -0.1) is 0 Å². The summed E-state index contributed by atoms with van der Waals surface area (Å²) in [7, 11) is 0. The molecule has 1 heterocycles. The molecule has 3 aliphatic rings. The first-order valence-corrected chi connectivity index (χ1v) is 8.80. The molecule has 124 valence electrons. The predicted molar refractivity (Wildman–Crippen MR) is 88.6 cm³/mol. The summed E-state index contributed by atoms with van der Waals surface area (Å²) >= 11 is 0. The molecule has 2 bridgehead atoms. The zero-order chi connectivity index (χ0) is 16.5. The molecular weight excluding hydrogens is 289 g/mol. The van der Waals surface area contributed by atoms with E-state index in [9.17, 15) is 9.18 Å². The molecule has 1 saturated heterocycles. The van der Waals surface area contributed by atoms with E-state index in [0.717, 1.165) is 37.8 Å². The van der Waals surface area contributed by atoms with Crippen molar-refractivity contribution in [1.82, 2.24) is 4.90 Å². The van der Waals surface area contributed by atoms with Gasteiger partial charge in [-0.25, -0.2) is 4.39 Å². The van der Waals surface area contributed by atoms with Crippen molar-refractivity contribution in [2.45, 2.75) is 64.3 Å². The number of amides is 1. The lowest BCUT2D eigenvalue weighted by atomic mass is 9.65. The van der Waals surface area contributed by atoms with Gasteiger partial charge < -0.3 is 4.90 Å². The van der Waals surface area contributed by atoms with Gasteiger partial charge in [-0.3, -0.25) is 4.79 Å². The van der Waals surface area contributed by atoms with Crippen molar-refractivity contribution in [2.75, 3.05) is 6.54 Å². The topological polar surface area (TPSA) is 20.3 Å². The molecule has 1 amide bonds. The highest BCUT2D eigenvalue weighted by molar-refractivity contribution is 5.91. The smallest absolute Gasteiger partial charge is 0.233 e. The number of benzene rings is 1. The summed E-state index contributed by atoms with van der Waals surface area (Å²) in [5, 5.41) is 0. The Balaban J connectivity index is 1.62. The van der Waals surface area contributed by atoms with E-state index in [0.29, 0.717) is 11.5 Å². The number of likely N-dealkylation sites (tertiary alicyclic amines) is 1. The Hall–Kier alpha value is -1.38. The molecule has 1 aromatic rings. The van der Waals surface area contributed by atoms with Gasteiger partial charge in [0.15, 0.2) is 0 Å². The summed E-state index contributed by atoms with van der Waals surface area (Å²) in [4.78, 5) is 15.5. The number of carbonyl (C=O) groups excluding carboxylic acids is 1. The summed E-state index contributed by atoms with van der Waals surface area (Å²) in [6, 6.07) is 6.95. The van der Waals surface area contributed by atoms with Crippen LogP contribution in [0.3, 0.4) is 0 Å². The molecule has 0 aromatic heterocycles. The predicted octanol–water partition coefficient (Wildman–Crippen LogP) is 4.28. The van der Waals surface area contributed by atoms with Crippen molar-refractivity contribution in [3.63, 3.8) is 0 Å². The Morgan fingerprint density at radius 2 is 1.78 bits per heavy atom. The summed E-state index contributed by atoms with van der Waals surface area (Å²) < 4.78 is 13.2. The third kappa shape index (κ3) is 2.40. The SMILES string of the molecule is CC1(C)CC2CC(C)(CN2C(=O)C2(c3ccc(F)cc3)CC2)C1. The molecule has 0 N–H and O–H groups in total. The van der Waals surface area contributed by atoms with Crippen molar-refractivity contribution in [3.05, 3.63) is 35.6 Å². The number of hydrogen-bond acceptors (Lipinski definition) is 1. The normalized spacial score (nSPS) is 33.6. The van der Waals surface area contributed by atoms with Crippen LogP contribution in [-0.2, 0) is 10.2 Å². The molecule has 2 saturated carbocycles. The molecule has 4 rings (SSSR count). The Morgan fingerprint density at radius 3 is 2.39 bits per heavy atom. The highest BCUT2D eigenvalue weighted by Gasteiger charge is 2.58. The fraction of sp³-hybridized carbons (Fsp3) is 0.650. The maximum atomic E-state index is 13.3. The zero-order valence-corrected chi connectivity index (χ0v) is 14.4. The molecule has 23 heavy (non-hydrogen) atoms. The van der Waals surface area contributed by atoms with E-state index in [1.165, 1.54) is 18.6 Å². The number of hydrogen-bond donors (Lipinski definition) is 0. The van der Waals surface area contributed by atoms with Gasteiger partial charge in [-0.1, -0.05) is 32.9 Å². The van der Waals surface area contributed by atoms with Crippen LogP contribution in [0.2, 0.25) is 0 Å². The second-order valence-corrected chi connectivity index (χ2v) is 9.24. The van der Waals surface area contributed by atoms with Gasteiger partial charge in [0.05, 0.1) is 5.41 Å². The summed E-state index contributed by atoms with van der Waals surface area (Å²) in [6.07, 6.45) is 5.25. The van der Waals surface area contributed by atoms with E-state index < -0.39 is 0 Å². The van der Waals surface area contributed by atoms with Crippen LogP contribution in [0.5, 0.6) is 0 Å². The average molecular weight is 315 g/mol. The van der Waals surface area contributed by atoms with Crippen LogP contribution in [-0.4, -0.2) is 23.4 Å². The average Bonchev–Trinajstić information content (AvgIpc) is 3.20. The number of halogens is 1. The molecule has 0 spiro atoms. The van der Waals surface area contributed by atoms with Gasteiger partial charge >= 0.3 is 0 Å². The number of fused-ring (bicyclic) bond motifs is 2. The van der Waals surface area contributed by atoms with Crippen LogP contribution < -0.4 is 0 Å². The molecule has 1 aliphatic heterocycles. The Labute approximate surface area is 138 Å². The first-order chi connectivity index (χ1) is 10.7.